The van der Waals surface area contributed by atoms with Crippen LogP contribution < -0.4 is 5.32 Å². The summed E-state index contributed by atoms with van der Waals surface area (Å²) in [6.45, 7) is 3.31. The number of ether oxygens (including phenoxy) is 1. The highest BCUT2D eigenvalue weighted by Gasteiger charge is 2.26. The van der Waals surface area contributed by atoms with Crippen molar-refractivity contribution in [2.24, 2.45) is 5.92 Å². The Morgan fingerprint density at radius 1 is 1.38 bits per heavy atom. The van der Waals surface area contributed by atoms with Crippen LogP contribution in [0.1, 0.15) is 26.7 Å². The number of rotatable bonds is 7. The summed E-state index contributed by atoms with van der Waals surface area (Å²) in [7, 11) is 3.15. The number of amides is 1. The molecule has 0 saturated carbocycles. The lowest BCUT2D eigenvalue weighted by atomic mass is 9.91. The molecule has 1 N–H and O–H groups in total. The minimum Gasteiger partial charge on any atom is -0.469 e. The van der Waals surface area contributed by atoms with Crippen LogP contribution in [0.5, 0.6) is 0 Å². The van der Waals surface area contributed by atoms with Crippen LogP contribution in [0, 0.1) is 5.92 Å². The fraction of sp³-hybridized carbons (Fsp3) is 0.474. The molecule has 144 valence electrons. The molecular formula is C19H26F2N2O3. The molecule has 0 bridgehead atoms. The molecule has 0 spiro atoms. The predicted octanol–water partition coefficient (Wildman–Crippen LogP) is 3.17. The van der Waals surface area contributed by atoms with Crippen molar-refractivity contribution in [3.05, 3.63) is 47.2 Å². The van der Waals surface area contributed by atoms with Gasteiger partial charge in [-0.1, -0.05) is 6.08 Å². The van der Waals surface area contributed by atoms with E-state index in [9.17, 15) is 18.4 Å². The molecule has 0 aromatic heterocycles. The summed E-state index contributed by atoms with van der Waals surface area (Å²) >= 11 is 0. The van der Waals surface area contributed by atoms with Gasteiger partial charge in [-0.05, 0) is 49.3 Å². The Bertz CT molecular complexity index is 647. The molecule has 5 nitrogen and oxygen atoms in total. The summed E-state index contributed by atoms with van der Waals surface area (Å²) in [4.78, 5) is 24.5. The van der Waals surface area contributed by atoms with Crippen molar-refractivity contribution >= 4 is 11.9 Å². The maximum Gasteiger partial charge on any atom is 0.310 e. The molecule has 0 radical (unpaired) electrons. The maximum atomic E-state index is 14.5. The summed E-state index contributed by atoms with van der Waals surface area (Å²) in [6, 6.07) is 0. The molecule has 0 aromatic rings. The van der Waals surface area contributed by atoms with Crippen molar-refractivity contribution in [1.82, 2.24) is 10.2 Å². The smallest absolute Gasteiger partial charge is 0.310 e. The van der Waals surface area contributed by atoms with Crippen molar-refractivity contribution in [1.29, 1.82) is 0 Å². The summed E-state index contributed by atoms with van der Waals surface area (Å²) in [5.41, 5.74) is 0.987. The Kier molecular flexibility index (Phi) is 8.75. The maximum absolute atomic E-state index is 14.5. The van der Waals surface area contributed by atoms with Gasteiger partial charge in [-0.3, -0.25) is 9.59 Å². The highest BCUT2D eigenvalue weighted by atomic mass is 19.1. The van der Waals surface area contributed by atoms with Gasteiger partial charge in [0, 0.05) is 27.1 Å². The summed E-state index contributed by atoms with van der Waals surface area (Å²) in [5, 5.41) is 2.52. The van der Waals surface area contributed by atoms with Crippen LogP contribution >= 0.6 is 0 Å². The van der Waals surface area contributed by atoms with Crippen molar-refractivity contribution in [3.63, 3.8) is 0 Å². The van der Waals surface area contributed by atoms with Gasteiger partial charge < -0.3 is 15.0 Å². The number of nitrogens with zero attached hydrogens (tertiary/aromatic N) is 1. The highest BCUT2D eigenvalue weighted by Crippen LogP contribution is 2.28. The normalized spacial score (nSPS) is 19.2. The van der Waals surface area contributed by atoms with Crippen LogP contribution in [0.2, 0.25) is 0 Å². The molecule has 26 heavy (non-hydrogen) atoms. The number of hydrogen-bond donors (Lipinski definition) is 1. The first-order valence-electron chi connectivity index (χ1n) is 8.34. The fourth-order valence-electron chi connectivity index (χ4n) is 2.75. The minimum atomic E-state index is -0.587. The number of esters is 1. The van der Waals surface area contributed by atoms with E-state index in [0.29, 0.717) is 13.0 Å². The summed E-state index contributed by atoms with van der Waals surface area (Å²) in [6.07, 6.45) is 6.25. The number of carbonyl (C=O) groups excluding carboxylic acids is 2. The Hall–Kier alpha value is -2.44. The Morgan fingerprint density at radius 2 is 2.08 bits per heavy atom. The number of halogens is 2. The van der Waals surface area contributed by atoms with Gasteiger partial charge in [-0.25, -0.2) is 8.78 Å². The van der Waals surface area contributed by atoms with Crippen molar-refractivity contribution in [2.75, 3.05) is 27.2 Å². The van der Waals surface area contributed by atoms with Gasteiger partial charge in [0.15, 0.2) is 0 Å². The number of allylic oxidation sites excluding steroid dienone is 6. The van der Waals surface area contributed by atoms with E-state index in [1.807, 2.05) is 18.1 Å². The lowest BCUT2D eigenvalue weighted by molar-refractivity contribution is -0.146. The van der Waals surface area contributed by atoms with Gasteiger partial charge in [0.1, 0.15) is 5.83 Å². The molecule has 1 unspecified atom stereocenters. The van der Waals surface area contributed by atoms with E-state index in [1.165, 1.54) is 33.1 Å². The van der Waals surface area contributed by atoms with Crippen molar-refractivity contribution in [2.45, 2.75) is 26.7 Å². The Balaban J connectivity index is 2.96. The van der Waals surface area contributed by atoms with Crippen LogP contribution in [0.3, 0.4) is 0 Å². The van der Waals surface area contributed by atoms with Crippen LogP contribution in [0.15, 0.2) is 47.2 Å². The number of nitrogens with one attached hydrogen (secondary N) is 1. The van der Waals surface area contributed by atoms with Crippen molar-refractivity contribution in [3.8, 4) is 0 Å². The molecule has 0 saturated heterocycles. The molecular weight excluding hydrogens is 342 g/mol. The average Bonchev–Trinajstić information content (AvgIpc) is 2.56. The van der Waals surface area contributed by atoms with E-state index in [4.69, 9.17) is 4.74 Å². The first-order valence-corrected chi connectivity index (χ1v) is 8.34. The van der Waals surface area contributed by atoms with Gasteiger partial charge >= 0.3 is 5.97 Å². The molecule has 0 aliphatic carbocycles. The average molecular weight is 368 g/mol. The van der Waals surface area contributed by atoms with Crippen LogP contribution in [0.25, 0.3) is 0 Å². The summed E-state index contributed by atoms with van der Waals surface area (Å²) < 4.78 is 32.6. The van der Waals surface area contributed by atoms with Gasteiger partial charge in [-0.15, -0.1) is 0 Å². The molecule has 1 aliphatic heterocycles. The first kappa shape index (κ1) is 21.6. The van der Waals surface area contributed by atoms with E-state index < -0.39 is 11.7 Å². The van der Waals surface area contributed by atoms with Gasteiger partial charge in [0.2, 0.25) is 5.91 Å². The molecule has 1 aliphatic rings. The topological polar surface area (TPSA) is 58.6 Å². The monoisotopic (exact) mass is 368 g/mol. The van der Waals surface area contributed by atoms with Crippen LogP contribution in [-0.4, -0.2) is 44.0 Å². The Morgan fingerprint density at radius 3 is 2.65 bits per heavy atom. The molecule has 0 aromatic carbocycles. The molecule has 1 atom stereocenters. The first-order chi connectivity index (χ1) is 12.2. The number of methoxy groups -OCH3 is 1. The zero-order valence-corrected chi connectivity index (χ0v) is 15.6. The molecule has 1 rings (SSSR count). The van der Waals surface area contributed by atoms with E-state index in [0.717, 1.165) is 11.6 Å². The van der Waals surface area contributed by atoms with Crippen LogP contribution in [0.4, 0.5) is 8.78 Å². The molecule has 1 amide bonds. The van der Waals surface area contributed by atoms with Crippen molar-refractivity contribution < 1.29 is 23.1 Å². The summed E-state index contributed by atoms with van der Waals surface area (Å²) in [5.74, 6) is -1.97. The molecule has 7 heteroatoms. The lowest BCUT2D eigenvalue weighted by Crippen LogP contribution is -2.32. The number of carbonyl (C=O) groups is 2. The third kappa shape index (κ3) is 7.63. The van der Waals surface area contributed by atoms with E-state index >= 15 is 0 Å². The Labute approximate surface area is 153 Å². The third-order valence-corrected chi connectivity index (χ3v) is 3.78. The fourth-order valence-corrected chi connectivity index (χ4v) is 2.75. The second kappa shape index (κ2) is 10.5. The second-order valence-corrected chi connectivity index (χ2v) is 6.27. The van der Waals surface area contributed by atoms with E-state index in [1.54, 1.807) is 0 Å². The highest BCUT2D eigenvalue weighted by molar-refractivity contribution is 5.73. The second-order valence-electron chi connectivity index (χ2n) is 6.27. The van der Waals surface area contributed by atoms with Gasteiger partial charge in [0.25, 0.3) is 0 Å². The van der Waals surface area contributed by atoms with Crippen LogP contribution in [-0.2, 0) is 14.3 Å². The largest absolute Gasteiger partial charge is 0.469 e. The minimum absolute atomic E-state index is 0.175. The molecule has 0 fully saturated rings. The quantitative estimate of drug-likeness (QED) is 0.554. The van der Waals surface area contributed by atoms with Gasteiger partial charge in [-0.2, -0.15) is 0 Å². The zero-order chi connectivity index (χ0) is 19.7. The van der Waals surface area contributed by atoms with Gasteiger partial charge in [0.05, 0.1) is 18.9 Å². The lowest BCUT2D eigenvalue weighted by Gasteiger charge is -2.28. The van der Waals surface area contributed by atoms with E-state index in [-0.39, 0.29) is 36.3 Å². The zero-order valence-electron chi connectivity index (χ0n) is 15.6. The SMILES string of the molecule is COC(=O)C1CC(CC(C=C(C)F)=C(F)C=CCNC(C)=O)=CN(C)C1. The standard InChI is InChI=1S/C19H26F2N2O3/c1-13(20)8-16(18(21)6-5-7-22-14(2)24)9-15-10-17(19(25)26-4)12-23(3)11-15/h5-6,8,11,17H,7,9-10,12H2,1-4H3,(H,22,24). The van der Waals surface area contributed by atoms with E-state index in [2.05, 4.69) is 5.32 Å². The number of hydrogen-bond acceptors (Lipinski definition) is 4. The third-order valence-electron chi connectivity index (χ3n) is 3.78. The molecule has 1 heterocycles. The predicted molar refractivity (Wildman–Crippen MR) is 96.3 cm³/mol.